The van der Waals surface area contributed by atoms with Gasteiger partial charge in [0.2, 0.25) is 0 Å². The van der Waals surface area contributed by atoms with Gasteiger partial charge in [0.15, 0.2) is 4.80 Å². The van der Waals surface area contributed by atoms with Crippen LogP contribution in [0.3, 0.4) is 0 Å². The van der Waals surface area contributed by atoms with Gasteiger partial charge in [0, 0.05) is 14.9 Å². The minimum atomic E-state index is -0.586. The zero-order valence-corrected chi connectivity index (χ0v) is 23.7. The monoisotopic (exact) mass is 670 g/mol. The van der Waals surface area contributed by atoms with Crippen molar-refractivity contribution in [2.75, 3.05) is 13.2 Å². The van der Waals surface area contributed by atoms with Crippen LogP contribution in [0.4, 0.5) is 0 Å². The molecule has 1 aliphatic rings. The molecule has 2 aromatic heterocycles. The molecular weight excluding hydrogens is 651 g/mol. The molecule has 0 saturated heterocycles. The van der Waals surface area contributed by atoms with Crippen LogP contribution < -0.4 is 19.6 Å². The van der Waals surface area contributed by atoms with Crippen LogP contribution in [0, 0.1) is 3.57 Å². The molecule has 0 fully saturated rings. The van der Waals surface area contributed by atoms with Gasteiger partial charge in [-0.1, -0.05) is 46.0 Å². The zero-order valence-electron chi connectivity index (χ0n) is 18.3. The molecule has 0 N–H and O–H groups in total. The van der Waals surface area contributed by atoms with E-state index in [1.165, 1.54) is 22.7 Å². The highest BCUT2D eigenvalue weighted by Crippen LogP contribution is 2.33. The Morgan fingerprint density at radius 3 is 2.88 bits per heavy atom. The van der Waals surface area contributed by atoms with Gasteiger partial charge in [0.25, 0.3) is 5.56 Å². The molecule has 10 heteroatoms. The van der Waals surface area contributed by atoms with Crippen molar-refractivity contribution >= 4 is 73.2 Å². The van der Waals surface area contributed by atoms with Crippen LogP contribution in [0.2, 0.25) is 0 Å². The maximum Gasteiger partial charge on any atom is 0.338 e. The van der Waals surface area contributed by atoms with Gasteiger partial charge in [-0.25, -0.2) is 9.79 Å². The Hall–Kier alpha value is -2.02. The lowest BCUT2D eigenvalue weighted by Crippen LogP contribution is -2.39. The summed E-state index contributed by atoms with van der Waals surface area (Å²) in [5.74, 6) is 0.214. The number of thiophene rings is 1. The first-order valence-electron chi connectivity index (χ1n) is 10.3. The molecule has 0 unspecified atom stereocenters. The Kier molecular flexibility index (Phi) is 7.90. The van der Waals surface area contributed by atoms with Gasteiger partial charge in [-0.2, -0.15) is 0 Å². The topological polar surface area (TPSA) is 69.9 Å². The van der Waals surface area contributed by atoms with E-state index in [4.69, 9.17) is 9.47 Å². The van der Waals surface area contributed by atoms with Crippen molar-refractivity contribution in [3.05, 3.63) is 91.7 Å². The number of aromatic nitrogens is 1. The predicted molar refractivity (Wildman–Crippen MR) is 147 cm³/mol. The number of fused-ring (bicyclic) bond motifs is 1. The average Bonchev–Trinajstić information content (AvgIpc) is 3.41. The quantitative estimate of drug-likeness (QED) is 0.206. The van der Waals surface area contributed by atoms with Gasteiger partial charge in [0.05, 0.1) is 26.0 Å². The normalized spacial score (nSPS) is 15.6. The number of nitrogens with zero attached hydrogens (tertiary/aromatic N) is 2. The maximum absolute atomic E-state index is 13.7. The van der Waals surface area contributed by atoms with Crippen molar-refractivity contribution in [3.8, 4) is 5.75 Å². The highest BCUT2D eigenvalue weighted by Gasteiger charge is 2.33. The summed E-state index contributed by atoms with van der Waals surface area (Å²) in [4.78, 5) is 32.6. The number of thiazole rings is 1. The lowest BCUT2D eigenvalue weighted by molar-refractivity contribution is -0.139. The SMILES string of the molecule is C=CCOc1c(I)cc(Br)cc1/C=c1\sc2n(c1=O)[C@H](c1cccs1)C(C(=O)OCC)=C(C)N=2. The van der Waals surface area contributed by atoms with Gasteiger partial charge >= 0.3 is 5.97 Å². The summed E-state index contributed by atoms with van der Waals surface area (Å²) < 4.78 is 15.1. The van der Waals surface area contributed by atoms with Crippen LogP contribution >= 0.6 is 61.2 Å². The van der Waals surface area contributed by atoms with E-state index in [-0.39, 0.29) is 12.2 Å². The molecule has 6 nitrogen and oxygen atoms in total. The molecule has 176 valence electrons. The number of hydrogen-bond donors (Lipinski definition) is 0. The zero-order chi connectivity index (χ0) is 24.4. The molecular formula is C24H20BrIN2O4S2. The second-order valence-electron chi connectivity index (χ2n) is 7.22. The van der Waals surface area contributed by atoms with Crippen LogP contribution in [0.25, 0.3) is 6.08 Å². The number of hydrogen-bond acceptors (Lipinski definition) is 7. The molecule has 1 aliphatic heterocycles. The van der Waals surface area contributed by atoms with Gasteiger partial charge < -0.3 is 9.47 Å². The molecule has 1 aromatic carbocycles. The molecule has 0 aliphatic carbocycles. The fourth-order valence-electron chi connectivity index (χ4n) is 3.63. The molecule has 0 amide bonds. The summed E-state index contributed by atoms with van der Waals surface area (Å²) in [6.45, 7) is 7.84. The van der Waals surface area contributed by atoms with E-state index in [1.807, 2.05) is 35.7 Å². The third-order valence-electron chi connectivity index (χ3n) is 5.00. The maximum atomic E-state index is 13.7. The predicted octanol–water partition coefficient (Wildman–Crippen LogP) is 4.79. The number of rotatable bonds is 7. The Morgan fingerprint density at radius 1 is 1.41 bits per heavy atom. The van der Waals surface area contributed by atoms with E-state index in [0.717, 1.165) is 18.5 Å². The molecule has 0 spiro atoms. The van der Waals surface area contributed by atoms with Crippen LogP contribution in [0.1, 0.15) is 30.3 Å². The van der Waals surface area contributed by atoms with Crippen molar-refractivity contribution in [2.45, 2.75) is 19.9 Å². The van der Waals surface area contributed by atoms with Crippen LogP contribution in [-0.4, -0.2) is 23.8 Å². The Labute approximate surface area is 226 Å². The van der Waals surface area contributed by atoms with Crippen LogP contribution in [0.5, 0.6) is 5.75 Å². The highest BCUT2D eigenvalue weighted by molar-refractivity contribution is 14.1. The van der Waals surface area contributed by atoms with Crippen molar-refractivity contribution in [1.82, 2.24) is 4.57 Å². The fraction of sp³-hybridized carbons (Fsp3) is 0.208. The Bertz CT molecular complexity index is 1470. The minimum Gasteiger partial charge on any atom is -0.488 e. The Morgan fingerprint density at radius 2 is 2.21 bits per heavy atom. The Balaban J connectivity index is 1.94. The molecule has 4 rings (SSSR count). The van der Waals surface area contributed by atoms with E-state index < -0.39 is 12.0 Å². The van der Waals surface area contributed by atoms with Crippen LogP contribution in [0.15, 0.2) is 67.8 Å². The van der Waals surface area contributed by atoms with Crippen molar-refractivity contribution in [3.63, 3.8) is 0 Å². The highest BCUT2D eigenvalue weighted by atomic mass is 127. The summed E-state index contributed by atoms with van der Waals surface area (Å²) in [6.07, 6.45) is 3.49. The first-order chi connectivity index (χ1) is 16.3. The summed E-state index contributed by atoms with van der Waals surface area (Å²) in [5, 5.41) is 1.93. The fourth-order valence-corrected chi connectivity index (χ4v) is 7.20. The van der Waals surface area contributed by atoms with E-state index in [1.54, 1.807) is 24.5 Å². The van der Waals surface area contributed by atoms with Crippen molar-refractivity contribution < 1.29 is 14.3 Å². The third-order valence-corrected chi connectivity index (χ3v) is 8.17. The molecule has 0 bridgehead atoms. The molecule has 34 heavy (non-hydrogen) atoms. The van der Waals surface area contributed by atoms with E-state index in [0.29, 0.717) is 33.0 Å². The number of benzene rings is 1. The first kappa shape index (κ1) is 25.1. The summed E-state index contributed by atoms with van der Waals surface area (Å²) in [7, 11) is 0. The lowest BCUT2D eigenvalue weighted by atomic mass is 10.0. The van der Waals surface area contributed by atoms with E-state index in [9.17, 15) is 9.59 Å². The van der Waals surface area contributed by atoms with E-state index in [2.05, 4.69) is 50.1 Å². The van der Waals surface area contributed by atoms with Gasteiger partial charge in [-0.05, 0) is 66.1 Å². The third kappa shape index (κ3) is 4.86. The largest absolute Gasteiger partial charge is 0.488 e. The van der Waals surface area contributed by atoms with E-state index >= 15 is 0 Å². The summed E-state index contributed by atoms with van der Waals surface area (Å²) in [6, 6.07) is 7.09. The van der Waals surface area contributed by atoms with Crippen LogP contribution in [-0.2, 0) is 9.53 Å². The number of carbonyl (C=O) groups is 1. The smallest absolute Gasteiger partial charge is 0.338 e. The number of halogens is 2. The standard InChI is InChI=1S/C24H20BrIN2O4S2/c1-4-8-32-21-14(10-15(25)12-16(21)26)11-18-22(29)28-20(17-7-6-9-33-17)19(23(30)31-5-2)13(3)27-24(28)34-18/h4,6-7,9-12,20H,1,5,8H2,2-3H3/b18-11-/t20-/m1/s1. The van der Waals surface area contributed by atoms with Crippen molar-refractivity contribution in [2.24, 2.45) is 4.99 Å². The molecule has 1 atom stereocenters. The number of ether oxygens (including phenoxy) is 2. The first-order valence-corrected chi connectivity index (χ1v) is 13.9. The van der Waals surface area contributed by atoms with Gasteiger partial charge in [-0.3, -0.25) is 9.36 Å². The minimum absolute atomic E-state index is 0.221. The molecule has 0 saturated carbocycles. The molecule has 0 radical (unpaired) electrons. The second-order valence-corrected chi connectivity index (χ2v) is 11.3. The summed E-state index contributed by atoms with van der Waals surface area (Å²) >= 11 is 8.51. The molecule has 3 aromatic rings. The average molecular weight is 671 g/mol. The van der Waals surface area contributed by atoms with Gasteiger partial charge in [-0.15, -0.1) is 11.3 Å². The van der Waals surface area contributed by atoms with Gasteiger partial charge in [0.1, 0.15) is 18.4 Å². The van der Waals surface area contributed by atoms with Crippen molar-refractivity contribution in [1.29, 1.82) is 0 Å². The number of esters is 1. The molecule has 3 heterocycles. The number of carbonyl (C=O) groups excluding carboxylic acids is 1. The lowest BCUT2D eigenvalue weighted by Gasteiger charge is -2.23. The number of allylic oxidation sites excluding steroid dienone is 1. The summed E-state index contributed by atoms with van der Waals surface area (Å²) in [5.41, 5.74) is 1.48. The second kappa shape index (κ2) is 10.7.